The molecule has 0 amide bonds. The smallest absolute Gasteiger partial charge is 0.0897 e. The Morgan fingerprint density at radius 2 is 1.84 bits per heavy atom. The molecular weight excluding hydrogens is 242 g/mol. The summed E-state index contributed by atoms with van der Waals surface area (Å²) in [6.45, 7) is 8.37. The predicted octanol–water partition coefficient (Wildman–Crippen LogP) is 1.96. The summed E-state index contributed by atoms with van der Waals surface area (Å²) in [5.41, 5.74) is 0. The Morgan fingerprint density at radius 1 is 1.16 bits per heavy atom. The second-order valence-corrected chi connectivity index (χ2v) is 5.89. The quantitative estimate of drug-likeness (QED) is 0.597. The molecule has 0 radical (unpaired) electrons. The van der Waals surface area contributed by atoms with Gasteiger partial charge in [-0.05, 0) is 39.5 Å². The molecule has 1 saturated carbocycles. The fourth-order valence-electron chi connectivity index (χ4n) is 2.57. The molecule has 0 spiro atoms. The maximum atomic E-state index is 9.82. The predicted molar refractivity (Wildman–Crippen MR) is 77.3 cm³/mol. The van der Waals surface area contributed by atoms with E-state index in [-0.39, 0.29) is 6.10 Å². The van der Waals surface area contributed by atoms with Crippen LogP contribution >= 0.6 is 0 Å². The Labute approximate surface area is 117 Å². The lowest BCUT2D eigenvalue weighted by molar-refractivity contribution is -0.0107. The molecule has 0 aromatic heterocycles. The Morgan fingerprint density at radius 3 is 2.47 bits per heavy atom. The topological polar surface area (TPSA) is 50.7 Å². The number of nitrogens with one attached hydrogen (secondary N) is 1. The molecule has 0 aromatic rings. The first kappa shape index (κ1) is 16.9. The molecule has 2 N–H and O–H groups in total. The third-order valence-corrected chi connectivity index (χ3v) is 3.77. The summed E-state index contributed by atoms with van der Waals surface area (Å²) in [4.78, 5) is 0. The van der Waals surface area contributed by atoms with E-state index in [1.54, 1.807) is 0 Å². The van der Waals surface area contributed by atoms with Gasteiger partial charge in [-0.25, -0.2) is 0 Å². The Hall–Kier alpha value is -0.160. The zero-order chi connectivity index (χ0) is 14.1. The maximum absolute atomic E-state index is 9.82. The normalized spacial score (nSPS) is 20.1. The van der Waals surface area contributed by atoms with Gasteiger partial charge < -0.3 is 19.9 Å². The summed E-state index contributed by atoms with van der Waals surface area (Å²) in [6.07, 6.45) is 5.18. The van der Waals surface area contributed by atoms with Gasteiger partial charge in [-0.1, -0.05) is 12.8 Å². The maximum Gasteiger partial charge on any atom is 0.0897 e. The van der Waals surface area contributed by atoms with Crippen LogP contribution in [0.3, 0.4) is 0 Å². The summed E-state index contributed by atoms with van der Waals surface area (Å²) in [5.74, 6) is 0.785. The first-order valence-corrected chi connectivity index (χ1v) is 7.70. The minimum Gasteiger partial charge on any atom is -0.389 e. The lowest BCUT2D eigenvalue weighted by Crippen LogP contribution is -2.39. The van der Waals surface area contributed by atoms with Crippen molar-refractivity contribution in [3.8, 4) is 0 Å². The van der Waals surface area contributed by atoms with Crippen molar-refractivity contribution in [3.05, 3.63) is 0 Å². The van der Waals surface area contributed by atoms with Crippen LogP contribution < -0.4 is 5.32 Å². The molecule has 0 saturated heterocycles. The van der Waals surface area contributed by atoms with E-state index in [0.717, 1.165) is 5.92 Å². The van der Waals surface area contributed by atoms with Gasteiger partial charge in [-0.3, -0.25) is 0 Å². The van der Waals surface area contributed by atoms with Crippen molar-refractivity contribution in [3.63, 3.8) is 0 Å². The van der Waals surface area contributed by atoms with Gasteiger partial charge in [-0.2, -0.15) is 0 Å². The minimum absolute atomic E-state index is 0.238. The van der Waals surface area contributed by atoms with Gasteiger partial charge in [0.05, 0.1) is 32.0 Å². The van der Waals surface area contributed by atoms with Crippen molar-refractivity contribution in [2.45, 2.75) is 64.7 Å². The molecule has 0 heterocycles. The monoisotopic (exact) mass is 273 g/mol. The van der Waals surface area contributed by atoms with Crippen LogP contribution in [-0.4, -0.2) is 49.7 Å². The van der Waals surface area contributed by atoms with E-state index in [1.165, 1.54) is 25.7 Å². The Kier molecular flexibility index (Phi) is 8.62. The molecule has 19 heavy (non-hydrogen) atoms. The van der Waals surface area contributed by atoms with E-state index in [9.17, 15) is 5.11 Å². The van der Waals surface area contributed by atoms with E-state index in [2.05, 4.69) is 12.2 Å². The molecule has 2 atom stereocenters. The van der Waals surface area contributed by atoms with Gasteiger partial charge in [0.15, 0.2) is 0 Å². The fourth-order valence-corrected chi connectivity index (χ4v) is 2.57. The molecule has 1 unspecified atom stereocenters. The zero-order valence-corrected chi connectivity index (χ0v) is 12.7. The van der Waals surface area contributed by atoms with Crippen LogP contribution in [0.2, 0.25) is 0 Å². The van der Waals surface area contributed by atoms with Crippen LogP contribution in [0.15, 0.2) is 0 Å². The number of aliphatic hydroxyl groups is 1. The second kappa shape index (κ2) is 9.70. The molecule has 0 aromatic carbocycles. The van der Waals surface area contributed by atoms with Crippen LogP contribution in [0.5, 0.6) is 0 Å². The molecular formula is C15H31NO3. The zero-order valence-electron chi connectivity index (χ0n) is 12.7. The highest BCUT2D eigenvalue weighted by Crippen LogP contribution is 2.27. The third-order valence-electron chi connectivity index (χ3n) is 3.77. The first-order chi connectivity index (χ1) is 9.09. The van der Waals surface area contributed by atoms with E-state index in [1.807, 2.05) is 13.8 Å². The van der Waals surface area contributed by atoms with Crippen molar-refractivity contribution in [1.29, 1.82) is 0 Å². The summed E-state index contributed by atoms with van der Waals surface area (Å²) in [6, 6.07) is 0.501. The number of ether oxygens (including phenoxy) is 2. The fraction of sp³-hybridized carbons (Fsp3) is 1.00. The van der Waals surface area contributed by atoms with Gasteiger partial charge in [0.1, 0.15) is 0 Å². The second-order valence-electron chi connectivity index (χ2n) is 5.89. The standard InChI is InChI=1S/C15H31NO3/c1-12(2)19-9-8-18-11-15(17)10-16-13(3)14-6-4-5-7-14/h12-17H,4-11H2,1-3H3/t13-,15?/m0/s1. The molecule has 4 nitrogen and oxygen atoms in total. The lowest BCUT2D eigenvalue weighted by atomic mass is 10.00. The molecule has 4 heteroatoms. The number of hydrogen-bond acceptors (Lipinski definition) is 4. The third kappa shape index (κ3) is 7.88. The van der Waals surface area contributed by atoms with E-state index >= 15 is 0 Å². The Bertz CT molecular complexity index is 217. The molecule has 1 rings (SSSR count). The highest BCUT2D eigenvalue weighted by Gasteiger charge is 2.21. The van der Waals surface area contributed by atoms with Crippen LogP contribution in [-0.2, 0) is 9.47 Å². The molecule has 114 valence electrons. The van der Waals surface area contributed by atoms with Gasteiger partial charge in [0, 0.05) is 12.6 Å². The van der Waals surface area contributed by atoms with Crippen molar-refractivity contribution in [1.82, 2.24) is 5.32 Å². The van der Waals surface area contributed by atoms with Crippen molar-refractivity contribution >= 4 is 0 Å². The van der Waals surface area contributed by atoms with Crippen LogP contribution in [0.4, 0.5) is 0 Å². The van der Waals surface area contributed by atoms with Gasteiger partial charge in [0.25, 0.3) is 0 Å². The summed E-state index contributed by atoms with van der Waals surface area (Å²) >= 11 is 0. The molecule has 0 bridgehead atoms. The van der Waals surface area contributed by atoms with Crippen molar-refractivity contribution in [2.75, 3.05) is 26.4 Å². The number of aliphatic hydroxyl groups excluding tert-OH is 1. The highest BCUT2D eigenvalue weighted by atomic mass is 16.5. The highest BCUT2D eigenvalue weighted by molar-refractivity contribution is 4.78. The van der Waals surface area contributed by atoms with Crippen molar-refractivity contribution < 1.29 is 14.6 Å². The van der Waals surface area contributed by atoms with E-state index in [4.69, 9.17) is 9.47 Å². The van der Waals surface area contributed by atoms with Gasteiger partial charge >= 0.3 is 0 Å². The van der Waals surface area contributed by atoms with Crippen molar-refractivity contribution in [2.24, 2.45) is 5.92 Å². The summed E-state index contributed by atoms with van der Waals surface area (Å²) < 4.78 is 10.8. The molecule has 1 aliphatic carbocycles. The van der Waals surface area contributed by atoms with E-state index < -0.39 is 6.10 Å². The van der Waals surface area contributed by atoms with Crippen LogP contribution in [0.1, 0.15) is 46.5 Å². The lowest BCUT2D eigenvalue weighted by Gasteiger charge is -2.22. The summed E-state index contributed by atoms with van der Waals surface area (Å²) in [5, 5.41) is 13.2. The van der Waals surface area contributed by atoms with Crippen LogP contribution in [0, 0.1) is 5.92 Å². The first-order valence-electron chi connectivity index (χ1n) is 7.70. The summed E-state index contributed by atoms with van der Waals surface area (Å²) in [7, 11) is 0. The average Bonchev–Trinajstić information content (AvgIpc) is 2.89. The largest absolute Gasteiger partial charge is 0.389 e. The molecule has 0 aliphatic heterocycles. The minimum atomic E-state index is -0.428. The van der Waals surface area contributed by atoms with E-state index in [0.29, 0.717) is 32.4 Å². The molecule has 1 fully saturated rings. The number of hydrogen-bond donors (Lipinski definition) is 2. The SMILES string of the molecule is CC(C)OCCOCC(O)CN[C@@H](C)C1CCCC1. The Balaban J connectivity index is 1.96. The van der Waals surface area contributed by atoms with Crippen LogP contribution in [0.25, 0.3) is 0 Å². The average molecular weight is 273 g/mol. The number of rotatable bonds is 10. The molecule has 1 aliphatic rings. The van der Waals surface area contributed by atoms with Gasteiger partial charge in [0.2, 0.25) is 0 Å². The van der Waals surface area contributed by atoms with Gasteiger partial charge in [-0.15, -0.1) is 0 Å².